The molecule has 0 aliphatic carbocycles. The summed E-state index contributed by atoms with van der Waals surface area (Å²) in [6.07, 6.45) is 5.25. The van der Waals surface area contributed by atoms with Crippen molar-refractivity contribution in [1.29, 1.82) is 0 Å². The number of sulfonamides is 1. The summed E-state index contributed by atoms with van der Waals surface area (Å²) in [5.74, 6) is -0.730. The van der Waals surface area contributed by atoms with Gasteiger partial charge in [0.2, 0.25) is 0 Å². The van der Waals surface area contributed by atoms with Crippen LogP contribution in [0.5, 0.6) is 0 Å². The predicted octanol–water partition coefficient (Wildman–Crippen LogP) is -0.0662. The number of amides is 1. The quantitative estimate of drug-likeness (QED) is 0.839. The molecule has 0 radical (unpaired) electrons. The van der Waals surface area contributed by atoms with E-state index in [9.17, 15) is 13.2 Å². The molecule has 0 aliphatic heterocycles. The Morgan fingerprint density at radius 2 is 2.17 bits per heavy atom. The van der Waals surface area contributed by atoms with Gasteiger partial charge >= 0.3 is 0 Å². The number of hydrogen-bond acceptors (Lipinski definition) is 5. The first-order valence-electron chi connectivity index (χ1n) is 4.95. The molecule has 94 valence electrons. The molecule has 2 aromatic heterocycles. The molecule has 0 aromatic carbocycles. The summed E-state index contributed by atoms with van der Waals surface area (Å²) < 4.78 is 26.9. The van der Waals surface area contributed by atoms with Gasteiger partial charge in [0.25, 0.3) is 15.9 Å². The summed E-state index contributed by atoms with van der Waals surface area (Å²) in [5.41, 5.74) is 0.171. The molecule has 0 fully saturated rings. The first-order valence-corrected chi connectivity index (χ1v) is 6.43. The lowest BCUT2D eigenvalue weighted by atomic mass is 10.3. The van der Waals surface area contributed by atoms with Crippen LogP contribution in [0.3, 0.4) is 0 Å². The van der Waals surface area contributed by atoms with Crippen molar-refractivity contribution in [1.82, 2.24) is 19.5 Å². The summed E-state index contributed by atoms with van der Waals surface area (Å²) in [7, 11) is -2.31. The van der Waals surface area contributed by atoms with Gasteiger partial charge in [0.05, 0.1) is 11.8 Å². The Balaban J connectivity index is 2.22. The van der Waals surface area contributed by atoms with Gasteiger partial charge in [-0.3, -0.25) is 14.5 Å². The lowest BCUT2D eigenvalue weighted by molar-refractivity contribution is 0.0981. The molecule has 0 bridgehead atoms. The highest BCUT2D eigenvalue weighted by atomic mass is 32.2. The second-order valence-corrected chi connectivity index (χ2v) is 5.21. The van der Waals surface area contributed by atoms with Crippen molar-refractivity contribution in [2.24, 2.45) is 7.05 Å². The molecule has 8 heteroatoms. The molecule has 0 unspecified atom stereocenters. The van der Waals surface area contributed by atoms with Crippen molar-refractivity contribution in [3.63, 3.8) is 0 Å². The van der Waals surface area contributed by atoms with Crippen LogP contribution in [-0.2, 0) is 17.1 Å². The lowest BCUT2D eigenvalue weighted by Crippen LogP contribution is -2.30. The third kappa shape index (κ3) is 2.54. The van der Waals surface area contributed by atoms with E-state index in [2.05, 4.69) is 10.1 Å². The number of carbonyl (C=O) groups excluding carboxylic acids is 1. The van der Waals surface area contributed by atoms with Crippen molar-refractivity contribution in [2.75, 3.05) is 0 Å². The molecule has 2 rings (SSSR count). The Labute approximate surface area is 104 Å². The Morgan fingerprint density at radius 3 is 2.72 bits per heavy atom. The third-order valence-corrected chi connectivity index (χ3v) is 3.43. The van der Waals surface area contributed by atoms with Crippen LogP contribution in [0.15, 0.2) is 41.8 Å². The smallest absolute Gasteiger partial charge is 0.267 e. The number of nitrogens with zero attached hydrogens (tertiary/aromatic N) is 3. The number of carbonyl (C=O) groups is 1. The van der Waals surface area contributed by atoms with Crippen LogP contribution in [0.25, 0.3) is 0 Å². The maximum Gasteiger partial charge on any atom is 0.267 e. The molecule has 18 heavy (non-hydrogen) atoms. The minimum atomic E-state index is -3.90. The van der Waals surface area contributed by atoms with E-state index in [0.29, 0.717) is 0 Å². The highest BCUT2D eigenvalue weighted by Crippen LogP contribution is 2.07. The zero-order valence-electron chi connectivity index (χ0n) is 9.44. The molecular weight excluding hydrogens is 256 g/mol. The highest BCUT2D eigenvalue weighted by molar-refractivity contribution is 7.90. The van der Waals surface area contributed by atoms with Gasteiger partial charge in [-0.1, -0.05) is 0 Å². The second kappa shape index (κ2) is 4.57. The number of hydrogen-bond donors (Lipinski definition) is 1. The normalized spacial score (nSPS) is 11.2. The first kappa shape index (κ1) is 12.2. The molecule has 0 spiro atoms. The molecule has 0 atom stereocenters. The van der Waals surface area contributed by atoms with Crippen LogP contribution in [0, 0.1) is 0 Å². The second-order valence-electron chi connectivity index (χ2n) is 3.53. The van der Waals surface area contributed by atoms with E-state index in [1.165, 1.54) is 35.5 Å². The van der Waals surface area contributed by atoms with Crippen molar-refractivity contribution < 1.29 is 13.2 Å². The average Bonchev–Trinajstić information content (AvgIpc) is 2.77. The van der Waals surface area contributed by atoms with Gasteiger partial charge < -0.3 is 0 Å². The summed E-state index contributed by atoms with van der Waals surface area (Å²) >= 11 is 0. The summed E-state index contributed by atoms with van der Waals surface area (Å²) in [6.45, 7) is 0. The zero-order chi connectivity index (χ0) is 13.2. The Bertz CT molecular complexity index is 663. The fourth-order valence-electron chi connectivity index (χ4n) is 1.27. The third-order valence-electron chi connectivity index (χ3n) is 2.14. The van der Waals surface area contributed by atoms with Crippen molar-refractivity contribution in [3.8, 4) is 0 Å². The van der Waals surface area contributed by atoms with Gasteiger partial charge in [-0.05, 0) is 12.1 Å². The molecule has 0 aliphatic rings. The van der Waals surface area contributed by atoms with E-state index in [1.807, 2.05) is 4.72 Å². The number of aromatic nitrogens is 3. The summed E-state index contributed by atoms with van der Waals surface area (Å²) in [6, 6.07) is 3.02. The lowest BCUT2D eigenvalue weighted by Gasteiger charge is -2.04. The minimum absolute atomic E-state index is 0.0674. The van der Waals surface area contributed by atoms with Gasteiger partial charge in [0.15, 0.2) is 0 Å². The largest absolute Gasteiger partial charge is 0.274 e. The van der Waals surface area contributed by atoms with E-state index < -0.39 is 15.9 Å². The van der Waals surface area contributed by atoms with Crippen LogP contribution in [-0.4, -0.2) is 29.1 Å². The van der Waals surface area contributed by atoms with Gasteiger partial charge in [0.1, 0.15) is 4.90 Å². The fraction of sp³-hybridized carbons (Fsp3) is 0.100. The first-order chi connectivity index (χ1) is 8.49. The van der Waals surface area contributed by atoms with E-state index in [0.717, 1.165) is 0 Å². The molecule has 1 N–H and O–H groups in total. The van der Waals surface area contributed by atoms with Crippen LogP contribution in [0.2, 0.25) is 0 Å². The number of pyridine rings is 1. The summed E-state index contributed by atoms with van der Waals surface area (Å²) in [5, 5.41) is 3.74. The van der Waals surface area contributed by atoms with Crippen molar-refractivity contribution in [2.45, 2.75) is 4.90 Å². The molecule has 7 nitrogen and oxygen atoms in total. The zero-order valence-corrected chi connectivity index (χ0v) is 10.3. The molecule has 0 saturated carbocycles. The van der Waals surface area contributed by atoms with Gasteiger partial charge in [-0.15, -0.1) is 0 Å². The maximum atomic E-state index is 11.8. The van der Waals surface area contributed by atoms with E-state index >= 15 is 0 Å². The van der Waals surface area contributed by atoms with Crippen LogP contribution in [0.4, 0.5) is 0 Å². The average molecular weight is 266 g/mol. The summed E-state index contributed by atoms with van der Waals surface area (Å²) in [4.78, 5) is 15.4. The topological polar surface area (TPSA) is 94.0 Å². The van der Waals surface area contributed by atoms with E-state index in [4.69, 9.17) is 0 Å². The molecule has 0 saturated heterocycles. The Hall–Kier alpha value is -2.22. The Kier molecular flexibility index (Phi) is 3.11. The minimum Gasteiger partial charge on any atom is -0.274 e. The maximum absolute atomic E-state index is 11.8. The fourth-order valence-corrected chi connectivity index (χ4v) is 2.23. The SMILES string of the molecule is Cn1cc(S(=O)(=O)NC(=O)c2cccnc2)cn1. The van der Waals surface area contributed by atoms with E-state index in [-0.39, 0.29) is 10.5 Å². The van der Waals surface area contributed by atoms with Crippen molar-refractivity contribution >= 4 is 15.9 Å². The number of aryl methyl sites for hydroxylation is 1. The van der Waals surface area contributed by atoms with Crippen LogP contribution < -0.4 is 4.72 Å². The van der Waals surface area contributed by atoms with E-state index in [1.54, 1.807) is 13.1 Å². The van der Waals surface area contributed by atoms with Gasteiger partial charge in [0, 0.05) is 25.6 Å². The highest BCUT2D eigenvalue weighted by Gasteiger charge is 2.20. The predicted molar refractivity (Wildman–Crippen MR) is 62.1 cm³/mol. The molecular formula is C10H10N4O3S. The van der Waals surface area contributed by atoms with Crippen molar-refractivity contribution in [3.05, 3.63) is 42.5 Å². The Morgan fingerprint density at radius 1 is 1.39 bits per heavy atom. The molecule has 1 amide bonds. The molecule has 2 heterocycles. The number of nitrogens with one attached hydrogen (secondary N) is 1. The number of rotatable bonds is 3. The van der Waals surface area contributed by atoms with Gasteiger partial charge in [-0.25, -0.2) is 13.1 Å². The van der Waals surface area contributed by atoms with Gasteiger partial charge in [-0.2, -0.15) is 5.10 Å². The van der Waals surface area contributed by atoms with Crippen LogP contribution >= 0.6 is 0 Å². The van der Waals surface area contributed by atoms with Crippen LogP contribution in [0.1, 0.15) is 10.4 Å². The molecule has 2 aromatic rings. The monoisotopic (exact) mass is 266 g/mol. The standard InChI is InChI=1S/C10H10N4O3S/c1-14-7-9(6-12-14)18(16,17)13-10(15)8-3-2-4-11-5-8/h2-7H,1H3,(H,13,15).